The van der Waals surface area contributed by atoms with Crippen LogP contribution in [0.3, 0.4) is 0 Å². The molecule has 1 aliphatic rings. The van der Waals surface area contributed by atoms with E-state index in [1.165, 1.54) is 22.3 Å². The fourth-order valence-corrected chi connectivity index (χ4v) is 2.23. The van der Waals surface area contributed by atoms with Crippen LogP contribution in [0.25, 0.3) is 11.1 Å². The molecule has 0 atom stereocenters. The first kappa shape index (κ1) is 8.48. The van der Waals surface area contributed by atoms with Gasteiger partial charge in [-0.15, -0.1) is 0 Å². The fraction of sp³-hybridized carbons (Fsp3) is 0. The summed E-state index contributed by atoms with van der Waals surface area (Å²) in [6.07, 6.45) is 0. The second-order valence-electron chi connectivity index (χ2n) is 3.67. The molecule has 3 rings (SSSR count). The molecule has 0 bridgehead atoms. The standard InChI is InChI=1S/C13H10BN/c15-14-13-11-7-3-1-5-9(11)10-6-2-4-8-12(10)13/h1-8H,15H2. The van der Waals surface area contributed by atoms with Gasteiger partial charge in [0.05, 0.1) is 0 Å². The van der Waals surface area contributed by atoms with Crippen molar-refractivity contribution in [3.8, 4) is 11.1 Å². The Morgan fingerprint density at radius 3 is 1.47 bits per heavy atom. The predicted octanol–water partition coefficient (Wildman–Crippen LogP) is 1.81. The molecule has 0 radical (unpaired) electrons. The van der Waals surface area contributed by atoms with Crippen LogP contribution in [0, 0.1) is 0 Å². The van der Waals surface area contributed by atoms with Crippen LogP contribution in [-0.2, 0) is 0 Å². The van der Waals surface area contributed by atoms with E-state index < -0.39 is 0 Å². The molecule has 1 aliphatic carbocycles. The van der Waals surface area contributed by atoms with Crippen molar-refractivity contribution >= 4 is 12.5 Å². The third-order valence-electron chi connectivity index (χ3n) is 2.89. The Morgan fingerprint density at radius 1 is 0.667 bits per heavy atom. The van der Waals surface area contributed by atoms with Crippen LogP contribution in [0.1, 0.15) is 11.1 Å². The van der Waals surface area contributed by atoms with Gasteiger partial charge in [0, 0.05) is 0 Å². The van der Waals surface area contributed by atoms with Gasteiger partial charge in [-0.3, -0.25) is 0 Å². The van der Waals surface area contributed by atoms with E-state index in [0.717, 1.165) is 5.46 Å². The van der Waals surface area contributed by atoms with E-state index >= 15 is 0 Å². The molecule has 1 nitrogen and oxygen atoms in total. The number of hydrogen-bond donors (Lipinski definition) is 1. The summed E-state index contributed by atoms with van der Waals surface area (Å²) < 4.78 is 0. The van der Waals surface area contributed by atoms with Crippen LogP contribution in [0.4, 0.5) is 0 Å². The predicted molar refractivity (Wildman–Crippen MR) is 65.0 cm³/mol. The molecule has 2 N–H and O–H groups in total. The summed E-state index contributed by atoms with van der Waals surface area (Å²) in [5.41, 5.74) is 11.9. The van der Waals surface area contributed by atoms with Crippen molar-refractivity contribution in [2.24, 2.45) is 5.64 Å². The zero-order valence-corrected chi connectivity index (χ0v) is 8.27. The van der Waals surface area contributed by atoms with Gasteiger partial charge in [0.15, 0.2) is 0 Å². The first-order chi connectivity index (χ1) is 7.42. The van der Waals surface area contributed by atoms with Gasteiger partial charge in [-0.25, -0.2) is 0 Å². The van der Waals surface area contributed by atoms with E-state index in [1.807, 2.05) is 12.1 Å². The van der Waals surface area contributed by atoms with Gasteiger partial charge < -0.3 is 0 Å². The summed E-state index contributed by atoms with van der Waals surface area (Å²) in [7, 11) is 1.70. The Morgan fingerprint density at radius 2 is 1.07 bits per heavy atom. The van der Waals surface area contributed by atoms with Crippen molar-refractivity contribution in [1.82, 2.24) is 0 Å². The molecule has 0 amide bonds. The Kier molecular flexibility index (Phi) is 1.75. The molecule has 0 spiro atoms. The Balaban J connectivity index is 2.41. The number of fused-ring (bicyclic) bond motifs is 3. The minimum atomic E-state index is 1.14. The molecular formula is C13H10BN. The van der Waals surface area contributed by atoms with Crippen LogP contribution >= 0.6 is 0 Å². The summed E-state index contributed by atoms with van der Waals surface area (Å²) in [4.78, 5) is 0. The van der Waals surface area contributed by atoms with Crippen molar-refractivity contribution in [3.05, 3.63) is 59.7 Å². The molecule has 0 heterocycles. The first-order valence-electron chi connectivity index (χ1n) is 5.03. The molecule has 2 aromatic rings. The van der Waals surface area contributed by atoms with E-state index in [0.29, 0.717) is 0 Å². The molecule has 70 valence electrons. The van der Waals surface area contributed by atoms with E-state index in [1.54, 1.807) is 7.06 Å². The summed E-state index contributed by atoms with van der Waals surface area (Å²) in [6, 6.07) is 16.8. The minimum absolute atomic E-state index is 1.14. The monoisotopic (exact) mass is 191 g/mol. The maximum absolute atomic E-state index is 5.70. The van der Waals surface area contributed by atoms with Gasteiger partial charge in [-0.1, -0.05) is 0 Å². The van der Waals surface area contributed by atoms with E-state index in [-0.39, 0.29) is 0 Å². The number of rotatable bonds is 0. The second kappa shape index (κ2) is 3.09. The van der Waals surface area contributed by atoms with Crippen molar-refractivity contribution in [1.29, 1.82) is 0 Å². The van der Waals surface area contributed by atoms with Gasteiger partial charge in [-0.2, -0.15) is 0 Å². The normalized spacial score (nSPS) is 11.9. The van der Waals surface area contributed by atoms with Crippen LogP contribution in [0.2, 0.25) is 0 Å². The third kappa shape index (κ3) is 1.08. The average molecular weight is 191 g/mol. The topological polar surface area (TPSA) is 26.0 Å². The SMILES string of the molecule is NB=C1c2ccccc2-c2ccccc21. The van der Waals surface area contributed by atoms with Gasteiger partial charge in [0.25, 0.3) is 0 Å². The molecule has 0 unspecified atom stereocenters. The fourth-order valence-electron chi connectivity index (χ4n) is 2.23. The van der Waals surface area contributed by atoms with E-state index in [4.69, 9.17) is 5.64 Å². The zero-order valence-electron chi connectivity index (χ0n) is 8.27. The zero-order chi connectivity index (χ0) is 10.3. The van der Waals surface area contributed by atoms with Crippen LogP contribution < -0.4 is 5.64 Å². The van der Waals surface area contributed by atoms with Crippen LogP contribution in [0.5, 0.6) is 0 Å². The molecule has 0 fully saturated rings. The van der Waals surface area contributed by atoms with Crippen molar-refractivity contribution in [2.75, 3.05) is 0 Å². The third-order valence-corrected chi connectivity index (χ3v) is 2.89. The number of nitrogens with two attached hydrogens (primary N) is 1. The first-order valence-corrected chi connectivity index (χ1v) is 5.03. The van der Waals surface area contributed by atoms with Crippen molar-refractivity contribution in [3.63, 3.8) is 0 Å². The van der Waals surface area contributed by atoms with E-state index in [2.05, 4.69) is 36.4 Å². The molecular weight excluding hydrogens is 181 g/mol. The number of hydrogen-bond acceptors (Lipinski definition) is 1. The van der Waals surface area contributed by atoms with Gasteiger partial charge in [0.2, 0.25) is 0 Å². The molecule has 0 aliphatic heterocycles. The molecule has 0 saturated carbocycles. The van der Waals surface area contributed by atoms with Gasteiger partial charge in [-0.05, 0) is 0 Å². The van der Waals surface area contributed by atoms with Crippen molar-refractivity contribution < 1.29 is 0 Å². The summed E-state index contributed by atoms with van der Waals surface area (Å²) >= 11 is 0. The van der Waals surface area contributed by atoms with Crippen LogP contribution in [-0.4, -0.2) is 12.5 Å². The molecule has 0 aromatic heterocycles. The van der Waals surface area contributed by atoms with Gasteiger partial charge in [0.1, 0.15) is 0 Å². The van der Waals surface area contributed by atoms with E-state index in [9.17, 15) is 0 Å². The average Bonchev–Trinajstić information content (AvgIpc) is 2.63. The molecule has 2 heteroatoms. The molecule has 15 heavy (non-hydrogen) atoms. The van der Waals surface area contributed by atoms with Crippen molar-refractivity contribution in [2.45, 2.75) is 0 Å². The Labute approximate surface area is 89.5 Å². The summed E-state index contributed by atoms with van der Waals surface area (Å²) in [5, 5.41) is 0. The van der Waals surface area contributed by atoms with Crippen LogP contribution in [0.15, 0.2) is 48.5 Å². The maximum atomic E-state index is 5.70. The second-order valence-corrected chi connectivity index (χ2v) is 3.67. The quantitative estimate of drug-likeness (QED) is 0.539. The molecule has 2 aromatic carbocycles. The Hall–Kier alpha value is -1.83. The summed E-state index contributed by atoms with van der Waals surface area (Å²) in [5.74, 6) is 0. The Bertz CT molecular complexity index is 510. The molecule has 0 saturated heterocycles. The number of benzene rings is 2. The van der Waals surface area contributed by atoms with Gasteiger partial charge >= 0.3 is 88.9 Å². The summed E-state index contributed by atoms with van der Waals surface area (Å²) in [6.45, 7) is 0.